The molecule has 0 radical (unpaired) electrons. The second-order valence-corrected chi connectivity index (χ2v) is 3.76. The number of rotatable bonds is 5. The molecule has 0 aliphatic heterocycles. The summed E-state index contributed by atoms with van der Waals surface area (Å²) >= 11 is 0. The van der Waals surface area contributed by atoms with Crippen LogP contribution in [0, 0.1) is 0 Å². The number of oxazole rings is 1. The maximum absolute atomic E-state index is 12.0. The smallest absolute Gasteiger partial charge is 0.417 e. The van der Waals surface area contributed by atoms with Crippen LogP contribution in [0.5, 0.6) is 17.6 Å². The highest BCUT2D eigenvalue weighted by molar-refractivity contribution is 5.32. The Morgan fingerprint density at radius 2 is 1.85 bits per heavy atom. The third-order valence-corrected chi connectivity index (χ3v) is 2.15. The first kappa shape index (κ1) is 14.2. The minimum absolute atomic E-state index is 0.0136. The Kier molecular flexibility index (Phi) is 4.14. The quantitative estimate of drug-likeness (QED) is 0.916. The maximum Gasteiger partial charge on any atom is 0.573 e. The van der Waals surface area contributed by atoms with Gasteiger partial charge in [0.1, 0.15) is 17.8 Å². The first-order valence-electron chi connectivity index (χ1n) is 5.59. The first-order valence-corrected chi connectivity index (χ1v) is 5.59. The molecule has 0 aliphatic carbocycles. The number of aromatic nitrogens is 1. The van der Waals surface area contributed by atoms with Gasteiger partial charge in [-0.3, -0.25) is 0 Å². The van der Waals surface area contributed by atoms with E-state index in [9.17, 15) is 13.2 Å². The van der Waals surface area contributed by atoms with Crippen LogP contribution in [-0.4, -0.2) is 18.4 Å². The molecule has 0 spiro atoms. The molecule has 5 nitrogen and oxygen atoms in total. The van der Waals surface area contributed by atoms with Gasteiger partial charge in [-0.2, -0.15) is 4.98 Å². The molecule has 0 saturated carbocycles. The number of halogens is 3. The lowest BCUT2D eigenvalue weighted by Crippen LogP contribution is -2.16. The molecule has 2 aromatic rings. The van der Waals surface area contributed by atoms with Gasteiger partial charge >= 0.3 is 12.4 Å². The third-order valence-electron chi connectivity index (χ3n) is 2.15. The van der Waals surface area contributed by atoms with Crippen molar-refractivity contribution in [1.29, 1.82) is 0 Å². The molecule has 0 unspecified atom stereocenters. The Morgan fingerprint density at radius 3 is 2.45 bits per heavy atom. The van der Waals surface area contributed by atoms with Crippen molar-refractivity contribution in [2.45, 2.75) is 12.9 Å². The Labute approximate surface area is 112 Å². The lowest BCUT2D eigenvalue weighted by Gasteiger charge is -2.08. The summed E-state index contributed by atoms with van der Waals surface area (Å²) in [5, 5.41) is 2.89. The Bertz CT molecular complexity index is 552. The van der Waals surface area contributed by atoms with Gasteiger partial charge in [0, 0.05) is 6.54 Å². The van der Waals surface area contributed by atoms with E-state index in [-0.39, 0.29) is 17.6 Å². The molecule has 20 heavy (non-hydrogen) atoms. The summed E-state index contributed by atoms with van der Waals surface area (Å²) in [7, 11) is 1.76. The van der Waals surface area contributed by atoms with Crippen LogP contribution < -0.4 is 14.8 Å². The number of benzene rings is 1. The third kappa shape index (κ3) is 4.16. The van der Waals surface area contributed by atoms with Crippen molar-refractivity contribution in [3.63, 3.8) is 0 Å². The average Bonchev–Trinajstić information content (AvgIpc) is 2.78. The zero-order chi connectivity index (χ0) is 14.6. The van der Waals surface area contributed by atoms with Gasteiger partial charge in [-0.25, -0.2) is 0 Å². The fourth-order valence-electron chi connectivity index (χ4n) is 1.41. The normalized spacial score (nSPS) is 11.4. The van der Waals surface area contributed by atoms with E-state index < -0.39 is 6.36 Å². The van der Waals surface area contributed by atoms with Gasteiger partial charge in [0.25, 0.3) is 0 Å². The summed E-state index contributed by atoms with van der Waals surface area (Å²) < 4.78 is 50.0. The first-order chi connectivity index (χ1) is 9.46. The highest BCUT2D eigenvalue weighted by atomic mass is 19.4. The molecule has 1 N–H and O–H groups in total. The highest BCUT2D eigenvalue weighted by Crippen LogP contribution is 2.26. The van der Waals surface area contributed by atoms with E-state index in [1.54, 1.807) is 7.05 Å². The molecule has 0 amide bonds. The fraction of sp³-hybridized carbons (Fsp3) is 0.250. The second kappa shape index (κ2) is 5.83. The van der Waals surface area contributed by atoms with Crippen molar-refractivity contribution in [2.75, 3.05) is 7.05 Å². The van der Waals surface area contributed by atoms with E-state index >= 15 is 0 Å². The van der Waals surface area contributed by atoms with Crippen LogP contribution in [0.25, 0.3) is 0 Å². The lowest BCUT2D eigenvalue weighted by molar-refractivity contribution is -0.274. The monoisotopic (exact) mass is 288 g/mol. The van der Waals surface area contributed by atoms with Gasteiger partial charge in [-0.1, -0.05) is 0 Å². The summed E-state index contributed by atoms with van der Waals surface area (Å²) in [6.07, 6.45) is -3.28. The summed E-state index contributed by atoms with van der Waals surface area (Å²) in [6, 6.07) is 4.92. The molecular formula is C12H11F3N2O3. The minimum Gasteiger partial charge on any atom is -0.417 e. The molecular weight excluding hydrogens is 277 g/mol. The molecule has 108 valence electrons. The van der Waals surface area contributed by atoms with Gasteiger partial charge in [0.05, 0.1) is 5.69 Å². The molecule has 1 aromatic heterocycles. The van der Waals surface area contributed by atoms with Crippen LogP contribution in [0.15, 0.2) is 34.9 Å². The van der Waals surface area contributed by atoms with Crippen LogP contribution in [0.1, 0.15) is 5.69 Å². The lowest BCUT2D eigenvalue weighted by atomic mass is 10.3. The van der Waals surface area contributed by atoms with E-state index in [1.165, 1.54) is 18.4 Å². The molecule has 1 heterocycles. The van der Waals surface area contributed by atoms with E-state index in [1.807, 2.05) is 0 Å². The SMILES string of the molecule is CNCc1coc(Oc2ccc(OC(F)(F)F)cc2)n1. The number of ether oxygens (including phenoxy) is 2. The molecule has 0 atom stereocenters. The predicted molar refractivity (Wildman–Crippen MR) is 62.5 cm³/mol. The topological polar surface area (TPSA) is 56.5 Å². The van der Waals surface area contributed by atoms with Crippen LogP contribution in [0.4, 0.5) is 13.2 Å². The number of alkyl halides is 3. The number of nitrogens with zero attached hydrogens (tertiary/aromatic N) is 1. The number of hydrogen-bond acceptors (Lipinski definition) is 5. The Balaban J connectivity index is 1.99. The number of hydrogen-bond donors (Lipinski definition) is 1. The molecule has 0 aliphatic rings. The van der Waals surface area contributed by atoms with Crippen LogP contribution >= 0.6 is 0 Å². The maximum atomic E-state index is 12.0. The molecule has 2 rings (SSSR count). The van der Waals surface area contributed by atoms with E-state index in [0.29, 0.717) is 12.2 Å². The van der Waals surface area contributed by atoms with Gasteiger partial charge in [-0.15, -0.1) is 13.2 Å². The van der Waals surface area contributed by atoms with Crippen LogP contribution in [0.2, 0.25) is 0 Å². The van der Waals surface area contributed by atoms with Crippen molar-refractivity contribution in [1.82, 2.24) is 10.3 Å². The van der Waals surface area contributed by atoms with Gasteiger partial charge in [-0.05, 0) is 31.3 Å². The van der Waals surface area contributed by atoms with Gasteiger partial charge in [0.15, 0.2) is 0 Å². The summed E-state index contributed by atoms with van der Waals surface area (Å²) in [5.74, 6) is -0.0366. The number of nitrogens with one attached hydrogen (secondary N) is 1. The van der Waals surface area contributed by atoms with E-state index in [2.05, 4.69) is 15.0 Å². The zero-order valence-corrected chi connectivity index (χ0v) is 10.4. The summed E-state index contributed by atoms with van der Waals surface area (Å²) in [6.45, 7) is 0.519. The predicted octanol–water partition coefficient (Wildman–Crippen LogP) is 3.08. The molecule has 0 fully saturated rings. The molecule has 1 aromatic carbocycles. The molecule has 0 bridgehead atoms. The van der Waals surface area contributed by atoms with Crippen LogP contribution in [0.3, 0.4) is 0 Å². The second-order valence-electron chi connectivity index (χ2n) is 3.76. The van der Waals surface area contributed by atoms with E-state index in [4.69, 9.17) is 9.15 Å². The largest absolute Gasteiger partial charge is 0.573 e. The standard InChI is InChI=1S/C12H11F3N2O3/c1-16-6-8-7-18-11(17-8)19-9-2-4-10(5-3-9)20-12(13,14)15/h2-5,7,16H,6H2,1H3. The highest BCUT2D eigenvalue weighted by Gasteiger charge is 2.30. The Hall–Kier alpha value is -2.22. The van der Waals surface area contributed by atoms with Crippen molar-refractivity contribution in [3.8, 4) is 17.6 Å². The zero-order valence-electron chi connectivity index (χ0n) is 10.4. The van der Waals surface area contributed by atoms with Crippen LogP contribution in [-0.2, 0) is 6.54 Å². The summed E-state index contributed by atoms with van der Waals surface area (Å²) in [4.78, 5) is 4.01. The van der Waals surface area contributed by atoms with E-state index in [0.717, 1.165) is 12.1 Å². The van der Waals surface area contributed by atoms with Crippen molar-refractivity contribution in [2.24, 2.45) is 0 Å². The van der Waals surface area contributed by atoms with Gasteiger partial charge < -0.3 is 19.2 Å². The Morgan fingerprint density at radius 1 is 1.20 bits per heavy atom. The average molecular weight is 288 g/mol. The molecule has 8 heteroatoms. The van der Waals surface area contributed by atoms with Crippen molar-refractivity contribution in [3.05, 3.63) is 36.2 Å². The van der Waals surface area contributed by atoms with Crippen molar-refractivity contribution >= 4 is 0 Å². The molecule has 0 saturated heterocycles. The van der Waals surface area contributed by atoms with Crippen molar-refractivity contribution < 1.29 is 27.1 Å². The fourth-order valence-corrected chi connectivity index (χ4v) is 1.41. The van der Waals surface area contributed by atoms with Gasteiger partial charge in [0.2, 0.25) is 0 Å². The summed E-state index contributed by atoms with van der Waals surface area (Å²) in [5.41, 5.74) is 0.652. The minimum atomic E-state index is -4.72.